The van der Waals surface area contributed by atoms with E-state index in [1.54, 1.807) is 7.05 Å². The molecule has 18 heavy (non-hydrogen) atoms. The molecule has 1 aliphatic rings. The van der Waals surface area contributed by atoms with Gasteiger partial charge < -0.3 is 9.84 Å². The first-order chi connectivity index (χ1) is 8.59. The summed E-state index contributed by atoms with van der Waals surface area (Å²) in [5, 5.41) is 9.50. The Hall–Kier alpha value is -1.05. The molecule has 1 saturated heterocycles. The summed E-state index contributed by atoms with van der Waals surface area (Å²) in [6, 6.07) is 0. The average Bonchev–Trinajstić information content (AvgIpc) is 2.97. The molecule has 0 radical (unpaired) electrons. The topological polar surface area (TPSA) is 50.5 Å². The van der Waals surface area contributed by atoms with Crippen LogP contribution in [0.4, 0.5) is 8.78 Å². The number of nitrogens with zero attached hydrogens (tertiary/aromatic N) is 3. The number of aliphatic hydroxyl groups excluding tert-OH is 1. The van der Waals surface area contributed by atoms with E-state index < -0.39 is 12.1 Å². The maximum atomic E-state index is 12.7. The van der Waals surface area contributed by atoms with Gasteiger partial charge in [0.2, 0.25) is 0 Å². The molecular formula is C11H17F2N3O2. The molecule has 1 N–H and O–H groups in total. The molecule has 102 valence electrons. The minimum atomic E-state index is -2.60. The number of ether oxygens (including phenoxy) is 1. The third-order valence-corrected chi connectivity index (χ3v) is 3.52. The minimum absolute atomic E-state index is 0.0567. The Morgan fingerprint density at radius 3 is 3.00 bits per heavy atom. The van der Waals surface area contributed by atoms with Gasteiger partial charge in [-0.2, -0.15) is 8.78 Å². The van der Waals surface area contributed by atoms with Crippen LogP contribution in [0.2, 0.25) is 0 Å². The Kier molecular flexibility index (Phi) is 3.94. The lowest BCUT2D eigenvalue weighted by Crippen LogP contribution is -2.50. The van der Waals surface area contributed by atoms with Crippen LogP contribution in [0, 0.1) is 0 Å². The van der Waals surface area contributed by atoms with E-state index >= 15 is 0 Å². The zero-order valence-electron chi connectivity index (χ0n) is 10.2. The maximum Gasteiger partial charge on any atom is 0.319 e. The number of likely N-dealkylation sites (N-methyl/N-ethyl adjacent to an activating group) is 1. The Labute approximate surface area is 104 Å². The summed E-state index contributed by atoms with van der Waals surface area (Å²) in [6.45, 7) is -1.41. The normalized spacial score (nSPS) is 24.3. The largest absolute Gasteiger partial charge is 0.394 e. The van der Waals surface area contributed by atoms with E-state index in [9.17, 15) is 13.9 Å². The highest BCUT2D eigenvalue weighted by Crippen LogP contribution is 2.26. The van der Waals surface area contributed by atoms with Gasteiger partial charge in [0, 0.05) is 19.0 Å². The van der Waals surface area contributed by atoms with Crippen molar-refractivity contribution in [2.24, 2.45) is 0 Å². The summed E-state index contributed by atoms with van der Waals surface area (Å²) in [6.07, 6.45) is 3.30. The molecule has 1 unspecified atom stereocenters. The number of imidazole rings is 1. The lowest BCUT2D eigenvalue weighted by molar-refractivity contribution is 0.0230. The monoisotopic (exact) mass is 261 g/mol. The van der Waals surface area contributed by atoms with Gasteiger partial charge in [-0.05, 0) is 13.5 Å². The van der Waals surface area contributed by atoms with Gasteiger partial charge in [0.05, 0.1) is 25.3 Å². The summed E-state index contributed by atoms with van der Waals surface area (Å²) in [4.78, 5) is 5.77. The predicted octanol–water partition coefficient (Wildman–Crippen LogP) is 0.861. The van der Waals surface area contributed by atoms with Gasteiger partial charge in [-0.1, -0.05) is 0 Å². The van der Waals surface area contributed by atoms with Crippen molar-refractivity contribution in [3.05, 3.63) is 18.2 Å². The Morgan fingerprint density at radius 1 is 1.67 bits per heavy atom. The van der Waals surface area contributed by atoms with Gasteiger partial charge in [-0.25, -0.2) is 4.98 Å². The minimum Gasteiger partial charge on any atom is -0.394 e. The molecular weight excluding hydrogens is 244 g/mol. The van der Waals surface area contributed by atoms with Crippen LogP contribution >= 0.6 is 0 Å². The van der Waals surface area contributed by atoms with Crippen molar-refractivity contribution < 1.29 is 18.6 Å². The zero-order chi connectivity index (χ0) is 13.2. The van der Waals surface area contributed by atoms with Gasteiger partial charge in [0.25, 0.3) is 0 Å². The van der Waals surface area contributed by atoms with Crippen molar-refractivity contribution in [2.45, 2.75) is 25.1 Å². The molecule has 0 saturated carbocycles. The van der Waals surface area contributed by atoms with Crippen molar-refractivity contribution in [3.8, 4) is 0 Å². The van der Waals surface area contributed by atoms with Crippen molar-refractivity contribution in [1.82, 2.24) is 14.5 Å². The van der Waals surface area contributed by atoms with E-state index in [0.717, 1.165) is 4.57 Å². The molecule has 1 aromatic rings. The predicted molar refractivity (Wildman–Crippen MR) is 60.2 cm³/mol. The Balaban J connectivity index is 2.10. The maximum absolute atomic E-state index is 12.7. The van der Waals surface area contributed by atoms with Gasteiger partial charge in [-0.3, -0.25) is 9.47 Å². The fraction of sp³-hybridized carbons (Fsp3) is 0.727. The number of aromatic nitrogens is 2. The van der Waals surface area contributed by atoms with E-state index in [4.69, 9.17) is 4.74 Å². The Bertz CT molecular complexity index is 391. The zero-order valence-corrected chi connectivity index (χ0v) is 10.2. The second-order valence-electron chi connectivity index (χ2n) is 4.57. The van der Waals surface area contributed by atoms with Crippen LogP contribution < -0.4 is 0 Å². The highest BCUT2D eigenvalue weighted by Gasteiger charge is 2.38. The highest BCUT2D eigenvalue weighted by molar-refractivity contribution is 4.98. The molecule has 2 heterocycles. The first-order valence-electron chi connectivity index (χ1n) is 5.79. The van der Waals surface area contributed by atoms with E-state index in [1.165, 1.54) is 12.4 Å². The summed E-state index contributed by atoms with van der Waals surface area (Å²) >= 11 is 0. The number of hydrogen-bond acceptors (Lipinski definition) is 4. The summed E-state index contributed by atoms with van der Waals surface area (Å²) in [5.41, 5.74) is -0.487. The fourth-order valence-electron chi connectivity index (χ4n) is 2.17. The van der Waals surface area contributed by atoms with Crippen molar-refractivity contribution in [1.29, 1.82) is 0 Å². The number of alkyl halides is 2. The molecule has 1 atom stereocenters. The third kappa shape index (κ3) is 2.38. The van der Waals surface area contributed by atoms with Gasteiger partial charge in [-0.15, -0.1) is 0 Å². The average molecular weight is 261 g/mol. The number of rotatable bonds is 5. The molecule has 0 aromatic carbocycles. The summed E-state index contributed by atoms with van der Waals surface area (Å²) < 4.78 is 31.5. The summed E-state index contributed by atoms with van der Waals surface area (Å²) in [5.74, 6) is 0.284. The molecule has 1 fully saturated rings. The van der Waals surface area contributed by atoms with Crippen LogP contribution in [0.5, 0.6) is 0 Å². The van der Waals surface area contributed by atoms with Crippen LogP contribution in [0.1, 0.15) is 18.8 Å². The van der Waals surface area contributed by atoms with Crippen molar-refractivity contribution >= 4 is 0 Å². The lowest BCUT2D eigenvalue weighted by Gasteiger charge is -2.35. The molecule has 2 rings (SSSR count). The quantitative estimate of drug-likeness (QED) is 0.854. The molecule has 0 aliphatic carbocycles. The first-order valence-corrected chi connectivity index (χ1v) is 5.79. The molecule has 1 aliphatic heterocycles. The second kappa shape index (κ2) is 5.29. The van der Waals surface area contributed by atoms with Crippen LogP contribution in [0.15, 0.2) is 12.4 Å². The van der Waals surface area contributed by atoms with Crippen LogP contribution in [0.3, 0.4) is 0 Å². The van der Waals surface area contributed by atoms with Crippen molar-refractivity contribution in [2.75, 3.05) is 26.9 Å². The number of halogens is 2. The summed E-state index contributed by atoms with van der Waals surface area (Å²) in [7, 11) is 1.79. The molecule has 0 bridgehead atoms. The Morgan fingerprint density at radius 2 is 2.44 bits per heavy atom. The molecule has 1 aromatic heterocycles. The molecule has 7 heteroatoms. The van der Waals surface area contributed by atoms with E-state index in [1.807, 2.05) is 4.90 Å². The van der Waals surface area contributed by atoms with Gasteiger partial charge in [0.15, 0.2) is 0 Å². The first kappa shape index (κ1) is 13.4. The third-order valence-electron chi connectivity index (χ3n) is 3.52. The standard InChI is InChI=1S/C11H17F2N3O2/c1-15(11(7-17)2-5-18-8-11)6-9-14-3-4-16(9)10(12)13/h3-4,10,17H,2,5-8H2,1H3. The van der Waals surface area contributed by atoms with E-state index in [-0.39, 0.29) is 19.0 Å². The molecule has 5 nitrogen and oxygen atoms in total. The smallest absolute Gasteiger partial charge is 0.319 e. The second-order valence-corrected chi connectivity index (χ2v) is 4.57. The van der Waals surface area contributed by atoms with E-state index in [0.29, 0.717) is 19.6 Å². The van der Waals surface area contributed by atoms with Crippen LogP contribution in [-0.2, 0) is 11.3 Å². The number of aliphatic hydroxyl groups is 1. The highest BCUT2D eigenvalue weighted by atomic mass is 19.3. The SMILES string of the molecule is CN(Cc1nccn1C(F)F)C1(CO)CCOC1. The van der Waals surface area contributed by atoms with Crippen molar-refractivity contribution in [3.63, 3.8) is 0 Å². The molecule has 0 amide bonds. The van der Waals surface area contributed by atoms with Crippen LogP contribution in [0.25, 0.3) is 0 Å². The lowest BCUT2D eigenvalue weighted by atomic mass is 9.98. The fourth-order valence-corrected chi connectivity index (χ4v) is 2.17. The molecule has 0 spiro atoms. The van der Waals surface area contributed by atoms with Gasteiger partial charge >= 0.3 is 6.55 Å². The van der Waals surface area contributed by atoms with E-state index in [2.05, 4.69) is 4.98 Å². The van der Waals surface area contributed by atoms with Crippen LogP contribution in [-0.4, -0.2) is 52.0 Å². The van der Waals surface area contributed by atoms with Gasteiger partial charge in [0.1, 0.15) is 5.82 Å². The number of hydrogen-bond donors (Lipinski definition) is 1.